The smallest absolute Gasteiger partial charge is 0.145 e. The third-order valence-corrected chi connectivity index (χ3v) is 3.93. The van der Waals surface area contributed by atoms with Crippen LogP contribution in [-0.2, 0) is 19.3 Å². The minimum absolute atomic E-state index is 0.271. The molecule has 1 aliphatic carbocycles. The first-order chi connectivity index (χ1) is 10.4. The van der Waals surface area contributed by atoms with Gasteiger partial charge in [-0.25, -0.2) is 15.0 Å². The van der Waals surface area contributed by atoms with Crippen molar-refractivity contribution in [3.8, 4) is 11.9 Å². The lowest BCUT2D eigenvalue weighted by molar-refractivity contribution is 0.881. The Morgan fingerprint density at radius 2 is 2.10 bits per heavy atom. The summed E-state index contributed by atoms with van der Waals surface area (Å²) in [4.78, 5) is 13.4. The maximum atomic E-state index is 9.07. The maximum absolute atomic E-state index is 9.07. The van der Waals surface area contributed by atoms with Crippen molar-refractivity contribution in [3.05, 3.63) is 47.7 Å². The Labute approximate surface area is 121 Å². The number of aryl methyl sites for hydroxylation is 1. The van der Waals surface area contributed by atoms with Gasteiger partial charge in [0.25, 0.3) is 0 Å². The van der Waals surface area contributed by atoms with Crippen molar-refractivity contribution in [2.75, 3.05) is 0 Å². The lowest BCUT2D eigenvalue weighted by atomic mass is 10.2. The van der Waals surface area contributed by atoms with Gasteiger partial charge in [0.05, 0.1) is 23.5 Å². The van der Waals surface area contributed by atoms with Crippen LogP contribution in [0.2, 0.25) is 0 Å². The van der Waals surface area contributed by atoms with Crippen molar-refractivity contribution >= 4 is 11.0 Å². The number of hydrogen-bond donors (Lipinski definition) is 0. The van der Waals surface area contributed by atoms with E-state index in [1.54, 1.807) is 6.33 Å². The average Bonchev–Trinajstić information content (AvgIpc) is 3.11. The standard InChI is InChI=1S/C16H13N5/c17-9-8-15-20-13-5-1-2-7-14(13)21(15)16-11-4-3-6-12(11)18-10-19-16/h1-2,5,7,10H,3-4,6,8H2. The Morgan fingerprint density at radius 1 is 1.19 bits per heavy atom. The SMILES string of the molecule is N#CCc1nc2ccccc2n1-c1ncnc2c1CCC2. The highest BCUT2D eigenvalue weighted by atomic mass is 15.1. The summed E-state index contributed by atoms with van der Waals surface area (Å²) < 4.78 is 2.02. The van der Waals surface area contributed by atoms with Crippen molar-refractivity contribution in [1.82, 2.24) is 19.5 Å². The predicted octanol–water partition coefficient (Wildman–Crippen LogP) is 2.37. The molecule has 5 nitrogen and oxygen atoms in total. The molecule has 0 atom stereocenters. The topological polar surface area (TPSA) is 67.4 Å². The van der Waals surface area contributed by atoms with E-state index in [0.29, 0.717) is 0 Å². The van der Waals surface area contributed by atoms with E-state index in [0.717, 1.165) is 47.6 Å². The highest BCUT2D eigenvalue weighted by Crippen LogP contribution is 2.28. The van der Waals surface area contributed by atoms with Crippen LogP contribution in [-0.4, -0.2) is 19.5 Å². The summed E-state index contributed by atoms with van der Waals surface area (Å²) in [6.07, 6.45) is 4.99. The van der Waals surface area contributed by atoms with E-state index in [9.17, 15) is 0 Å². The second kappa shape index (κ2) is 4.67. The Balaban J connectivity index is 2.04. The van der Waals surface area contributed by atoms with E-state index < -0.39 is 0 Å². The number of para-hydroxylation sites is 2. The molecule has 5 heteroatoms. The third-order valence-electron chi connectivity index (χ3n) is 3.93. The summed E-state index contributed by atoms with van der Waals surface area (Å²) >= 11 is 0. The molecule has 0 saturated heterocycles. The maximum Gasteiger partial charge on any atom is 0.145 e. The van der Waals surface area contributed by atoms with Crippen molar-refractivity contribution in [2.45, 2.75) is 25.7 Å². The van der Waals surface area contributed by atoms with E-state index in [1.165, 1.54) is 5.56 Å². The molecule has 0 bridgehead atoms. The predicted molar refractivity (Wildman–Crippen MR) is 78.0 cm³/mol. The first kappa shape index (κ1) is 12.0. The van der Waals surface area contributed by atoms with Crippen molar-refractivity contribution < 1.29 is 0 Å². The van der Waals surface area contributed by atoms with Crippen molar-refractivity contribution in [3.63, 3.8) is 0 Å². The van der Waals surface area contributed by atoms with E-state index in [1.807, 2.05) is 28.8 Å². The van der Waals surface area contributed by atoms with Gasteiger partial charge in [-0.1, -0.05) is 12.1 Å². The zero-order valence-corrected chi connectivity index (χ0v) is 11.5. The number of aromatic nitrogens is 4. The van der Waals surface area contributed by atoms with Crippen LogP contribution in [0, 0.1) is 11.3 Å². The molecule has 3 aromatic rings. The van der Waals surface area contributed by atoms with E-state index in [-0.39, 0.29) is 6.42 Å². The second-order valence-electron chi connectivity index (χ2n) is 5.16. The quantitative estimate of drug-likeness (QED) is 0.720. The number of imidazole rings is 1. The molecule has 2 aromatic heterocycles. The van der Waals surface area contributed by atoms with Gasteiger partial charge in [0.1, 0.15) is 18.0 Å². The fraction of sp³-hybridized carbons (Fsp3) is 0.250. The number of fused-ring (bicyclic) bond motifs is 2. The Kier molecular flexibility index (Phi) is 2.68. The molecule has 21 heavy (non-hydrogen) atoms. The fourth-order valence-corrected chi connectivity index (χ4v) is 3.04. The van der Waals surface area contributed by atoms with Crippen LogP contribution < -0.4 is 0 Å². The van der Waals surface area contributed by atoms with Gasteiger partial charge < -0.3 is 0 Å². The highest BCUT2D eigenvalue weighted by Gasteiger charge is 2.21. The van der Waals surface area contributed by atoms with Crippen LogP contribution in [0.3, 0.4) is 0 Å². The van der Waals surface area contributed by atoms with Crippen molar-refractivity contribution in [2.24, 2.45) is 0 Å². The molecule has 0 fully saturated rings. The van der Waals surface area contributed by atoms with E-state index >= 15 is 0 Å². The molecule has 1 aliphatic rings. The Morgan fingerprint density at radius 3 is 3.00 bits per heavy atom. The zero-order chi connectivity index (χ0) is 14.2. The molecule has 0 unspecified atom stereocenters. The van der Waals surface area contributed by atoms with Crippen LogP contribution in [0.25, 0.3) is 16.9 Å². The summed E-state index contributed by atoms with van der Waals surface area (Å²) in [6, 6.07) is 10.1. The Bertz CT molecular complexity index is 872. The average molecular weight is 275 g/mol. The Hall–Kier alpha value is -2.74. The van der Waals surface area contributed by atoms with Gasteiger partial charge in [-0.05, 0) is 31.4 Å². The van der Waals surface area contributed by atoms with Crippen LogP contribution in [0.1, 0.15) is 23.5 Å². The van der Waals surface area contributed by atoms with Crippen molar-refractivity contribution in [1.29, 1.82) is 5.26 Å². The molecule has 0 spiro atoms. The molecule has 1 aromatic carbocycles. The van der Waals surface area contributed by atoms with Crippen LogP contribution in [0.4, 0.5) is 0 Å². The fourth-order valence-electron chi connectivity index (χ4n) is 3.04. The monoisotopic (exact) mass is 275 g/mol. The van der Waals surface area contributed by atoms with Crippen LogP contribution in [0.5, 0.6) is 0 Å². The van der Waals surface area contributed by atoms with Gasteiger partial charge in [0.2, 0.25) is 0 Å². The van der Waals surface area contributed by atoms with Gasteiger partial charge in [-0.15, -0.1) is 0 Å². The van der Waals surface area contributed by atoms with Gasteiger partial charge in [-0.3, -0.25) is 4.57 Å². The summed E-state index contributed by atoms with van der Waals surface area (Å²) in [5.41, 5.74) is 4.21. The molecule has 0 N–H and O–H groups in total. The number of nitriles is 1. The molecule has 4 rings (SSSR count). The lowest BCUT2D eigenvalue weighted by Crippen LogP contribution is -2.07. The minimum atomic E-state index is 0.271. The van der Waals surface area contributed by atoms with E-state index in [4.69, 9.17) is 5.26 Å². The molecule has 102 valence electrons. The second-order valence-corrected chi connectivity index (χ2v) is 5.16. The van der Waals surface area contributed by atoms with Gasteiger partial charge in [0.15, 0.2) is 0 Å². The number of benzene rings is 1. The molecule has 0 radical (unpaired) electrons. The van der Waals surface area contributed by atoms with Gasteiger partial charge in [0, 0.05) is 11.3 Å². The van der Waals surface area contributed by atoms with Gasteiger partial charge >= 0.3 is 0 Å². The molecule has 2 heterocycles. The van der Waals surface area contributed by atoms with Crippen LogP contribution >= 0.6 is 0 Å². The normalized spacial score (nSPS) is 13.3. The first-order valence-electron chi connectivity index (χ1n) is 7.05. The number of hydrogen-bond acceptors (Lipinski definition) is 4. The zero-order valence-electron chi connectivity index (χ0n) is 11.5. The molecule has 0 amide bonds. The number of rotatable bonds is 2. The first-order valence-corrected chi connectivity index (χ1v) is 7.05. The molecule has 0 aliphatic heterocycles. The molecule has 0 saturated carbocycles. The van der Waals surface area contributed by atoms with Crippen LogP contribution in [0.15, 0.2) is 30.6 Å². The number of nitrogens with zero attached hydrogens (tertiary/aromatic N) is 5. The minimum Gasteiger partial charge on any atom is -0.279 e. The lowest BCUT2D eigenvalue weighted by Gasteiger charge is -2.10. The van der Waals surface area contributed by atoms with Gasteiger partial charge in [-0.2, -0.15) is 5.26 Å². The highest BCUT2D eigenvalue weighted by molar-refractivity contribution is 5.78. The van der Waals surface area contributed by atoms with E-state index in [2.05, 4.69) is 21.0 Å². The molecular weight excluding hydrogens is 262 g/mol. The molecular formula is C16H13N5. The summed E-state index contributed by atoms with van der Waals surface area (Å²) in [7, 11) is 0. The largest absolute Gasteiger partial charge is 0.279 e. The summed E-state index contributed by atoms with van der Waals surface area (Å²) in [5.74, 6) is 1.63. The summed E-state index contributed by atoms with van der Waals surface area (Å²) in [6.45, 7) is 0. The third kappa shape index (κ3) is 1.80. The summed E-state index contributed by atoms with van der Waals surface area (Å²) in [5, 5.41) is 9.07.